The first-order valence-electron chi connectivity index (χ1n) is 8.10. The van der Waals surface area contributed by atoms with Crippen molar-refractivity contribution >= 4 is 33.2 Å². The van der Waals surface area contributed by atoms with E-state index in [2.05, 4.69) is 0 Å². The molecule has 1 aliphatic heterocycles. The molecule has 0 fully saturated rings. The van der Waals surface area contributed by atoms with Gasteiger partial charge in [-0.2, -0.15) is 4.31 Å². The van der Waals surface area contributed by atoms with Crippen LogP contribution in [-0.4, -0.2) is 38.8 Å². The number of nitrogens with zero attached hydrogens (tertiary/aromatic N) is 2. The zero-order valence-electron chi connectivity index (χ0n) is 14.4. The molecular formula is C18H19ClN2O4S. The fraction of sp³-hybridized carbons (Fsp3) is 0.278. The van der Waals surface area contributed by atoms with Gasteiger partial charge in [0.05, 0.1) is 17.1 Å². The van der Waals surface area contributed by atoms with Crippen LogP contribution in [0.5, 0.6) is 0 Å². The molecule has 0 spiro atoms. The maximum absolute atomic E-state index is 13.3. The molecule has 0 bridgehead atoms. The highest BCUT2D eigenvalue weighted by Gasteiger charge is 2.39. The first-order valence-corrected chi connectivity index (χ1v) is 9.92. The van der Waals surface area contributed by atoms with Crippen LogP contribution in [0.1, 0.15) is 18.7 Å². The lowest BCUT2D eigenvalue weighted by Crippen LogP contribution is -2.41. The van der Waals surface area contributed by atoms with Crippen LogP contribution in [0.4, 0.5) is 5.69 Å². The largest absolute Gasteiger partial charge is 0.358 e. The van der Waals surface area contributed by atoms with Gasteiger partial charge in [0.2, 0.25) is 15.9 Å². The summed E-state index contributed by atoms with van der Waals surface area (Å²) in [5.41, 5.74) is 1.24. The van der Waals surface area contributed by atoms with Crippen molar-refractivity contribution in [3.8, 4) is 0 Å². The molecule has 0 aromatic heterocycles. The van der Waals surface area contributed by atoms with Crippen LogP contribution < -0.4 is 4.90 Å². The molecule has 1 heterocycles. The minimum atomic E-state index is -4.00. The number of fused-ring (bicyclic) bond motifs is 1. The average Bonchev–Trinajstić information content (AvgIpc) is 2.73. The van der Waals surface area contributed by atoms with Gasteiger partial charge >= 0.3 is 0 Å². The maximum atomic E-state index is 13.3. The van der Waals surface area contributed by atoms with E-state index in [4.69, 9.17) is 16.3 Å². The Morgan fingerprint density at radius 2 is 1.92 bits per heavy atom. The lowest BCUT2D eigenvalue weighted by atomic mass is 10.1. The lowest BCUT2D eigenvalue weighted by Gasteiger charge is -2.28. The molecule has 1 unspecified atom stereocenters. The van der Waals surface area contributed by atoms with Crippen LogP contribution in [0.2, 0.25) is 5.02 Å². The van der Waals surface area contributed by atoms with Gasteiger partial charge in [-0.05, 0) is 31.2 Å². The number of carbonyl (C=O) groups excluding carboxylic acids is 1. The first kappa shape index (κ1) is 18.8. The van der Waals surface area contributed by atoms with Crippen molar-refractivity contribution in [1.29, 1.82) is 0 Å². The minimum Gasteiger partial charge on any atom is -0.358 e. The second-order valence-corrected chi connectivity index (χ2v) is 8.15. The number of ether oxygens (including phenoxy) is 1. The Morgan fingerprint density at radius 1 is 1.19 bits per heavy atom. The van der Waals surface area contributed by atoms with Gasteiger partial charge in [-0.15, -0.1) is 0 Å². The second kappa shape index (κ2) is 7.36. The highest BCUT2D eigenvalue weighted by atomic mass is 35.5. The van der Waals surface area contributed by atoms with Crippen molar-refractivity contribution in [2.24, 2.45) is 0 Å². The number of anilines is 1. The summed E-state index contributed by atoms with van der Waals surface area (Å²) in [6.45, 7) is 1.74. The van der Waals surface area contributed by atoms with Crippen LogP contribution in [-0.2, 0) is 19.6 Å². The molecule has 2 aromatic rings. The third-order valence-electron chi connectivity index (χ3n) is 4.22. The van der Waals surface area contributed by atoms with Gasteiger partial charge in [-0.25, -0.2) is 8.42 Å². The number of likely N-dealkylation sites (N-methyl/N-ethyl adjacent to an activating group) is 1. The number of hydrogen-bond acceptors (Lipinski definition) is 4. The molecule has 0 radical (unpaired) electrons. The smallest absolute Gasteiger partial charge is 0.246 e. The molecule has 1 amide bonds. The number of halogens is 1. The zero-order chi connectivity index (χ0) is 18.9. The summed E-state index contributed by atoms with van der Waals surface area (Å²) in [6.07, 6.45) is -0.908. The molecule has 6 nitrogen and oxygen atoms in total. The van der Waals surface area contributed by atoms with Crippen molar-refractivity contribution in [2.75, 3.05) is 25.1 Å². The van der Waals surface area contributed by atoms with Crippen molar-refractivity contribution in [1.82, 2.24) is 4.31 Å². The van der Waals surface area contributed by atoms with Crippen LogP contribution in [0, 0.1) is 0 Å². The molecular weight excluding hydrogens is 376 g/mol. The van der Waals surface area contributed by atoms with E-state index in [1.165, 1.54) is 17.0 Å². The fourth-order valence-corrected chi connectivity index (χ4v) is 4.68. The predicted octanol–water partition coefficient (Wildman–Crippen LogP) is 3.04. The zero-order valence-corrected chi connectivity index (χ0v) is 16.0. The van der Waals surface area contributed by atoms with Gasteiger partial charge in [-0.3, -0.25) is 4.79 Å². The lowest BCUT2D eigenvalue weighted by molar-refractivity contribution is -0.120. The van der Waals surface area contributed by atoms with E-state index in [0.717, 1.165) is 4.31 Å². The SMILES string of the molecule is CCOC1c2ccccc2N(C)C(=O)CN1S(=O)(=O)c1cccc(Cl)c1. The quantitative estimate of drug-likeness (QED) is 0.799. The summed E-state index contributed by atoms with van der Waals surface area (Å²) >= 11 is 5.96. The standard InChI is InChI=1S/C18H19ClN2O4S/c1-3-25-18-15-9-4-5-10-16(15)20(2)17(22)12-21(18)26(23,24)14-8-6-7-13(19)11-14/h4-11,18H,3,12H2,1-2H3. The van der Waals surface area contributed by atoms with E-state index in [1.807, 2.05) is 0 Å². The monoisotopic (exact) mass is 394 g/mol. The molecule has 26 heavy (non-hydrogen) atoms. The summed E-state index contributed by atoms with van der Waals surface area (Å²) in [5.74, 6) is -0.342. The molecule has 1 atom stereocenters. The van der Waals surface area contributed by atoms with Crippen LogP contribution in [0.25, 0.3) is 0 Å². The highest BCUT2D eigenvalue weighted by molar-refractivity contribution is 7.89. The molecule has 1 aliphatic rings. The Morgan fingerprint density at radius 3 is 2.62 bits per heavy atom. The first-order chi connectivity index (χ1) is 12.4. The summed E-state index contributed by atoms with van der Waals surface area (Å²) in [4.78, 5) is 14.1. The van der Waals surface area contributed by atoms with Crippen molar-refractivity contribution in [3.63, 3.8) is 0 Å². The number of benzene rings is 2. The number of rotatable bonds is 4. The Hall–Kier alpha value is -1.93. The molecule has 8 heteroatoms. The van der Waals surface area contributed by atoms with E-state index in [1.54, 1.807) is 50.4 Å². The molecule has 138 valence electrons. The molecule has 0 N–H and O–H groups in total. The van der Waals surface area contributed by atoms with Crippen LogP contribution >= 0.6 is 11.6 Å². The fourth-order valence-electron chi connectivity index (χ4n) is 2.92. The summed E-state index contributed by atoms with van der Waals surface area (Å²) in [7, 11) is -2.38. The van der Waals surface area contributed by atoms with Crippen molar-refractivity contribution in [3.05, 3.63) is 59.1 Å². The van der Waals surface area contributed by atoms with Gasteiger partial charge in [-0.1, -0.05) is 35.9 Å². The second-order valence-electron chi connectivity index (χ2n) is 5.83. The summed E-state index contributed by atoms with van der Waals surface area (Å²) < 4.78 is 33.4. The normalized spacial score (nSPS) is 18.5. The number of amides is 1. The molecule has 0 saturated carbocycles. The van der Waals surface area contributed by atoms with Crippen molar-refractivity contribution in [2.45, 2.75) is 18.0 Å². The average molecular weight is 395 g/mol. The number of hydrogen-bond donors (Lipinski definition) is 0. The van der Waals surface area contributed by atoms with Gasteiger partial charge in [0.25, 0.3) is 0 Å². The van der Waals surface area contributed by atoms with Crippen molar-refractivity contribution < 1.29 is 17.9 Å². The Labute approximate surface area is 158 Å². The Kier molecular flexibility index (Phi) is 5.34. The van der Waals surface area contributed by atoms with Gasteiger partial charge in [0, 0.05) is 24.2 Å². The topological polar surface area (TPSA) is 66.9 Å². The molecule has 0 saturated heterocycles. The number of para-hydroxylation sites is 1. The molecule has 3 rings (SSSR count). The van der Waals surface area contributed by atoms with Gasteiger partial charge in [0.1, 0.15) is 0 Å². The van der Waals surface area contributed by atoms with E-state index in [-0.39, 0.29) is 17.3 Å². The van der Waals surface area contributed by atoms with E-state index < -0.39 is 16.3 Å². The van der Waals surface area contributed by atoms with E-state index in [9.17, 15) is 13.2 Å². The van der Waals surface area contributed by atoms with Crippen LogP contribution in [0.3, 0.4) is 0 Å². The molecule has 0 aliphatic carbocycles. The van der Waals surface area contributed by atoms with E-state index >= 15 is 0 Å². The third-order valence-corrected chi connectivity index (χ3v) is 6.24. The predicted molar refractivity (Wildman–Crippen MR) is 99.6 cm³/mol. The summed E-state index contributed by atoms with van der Waals surface area (Å²) in [5, 5.41) is 0.303. The van der Waals surface area contributed by atoms with Crippen LogP contribution in [0.15, 0.2) is 53.4 Å². The third kappa shape index (κ3) is 3.35. The summed E-state index contributed by atoms with van der Waals surface area (Å²) in [6, 6.07) is 13.1. The van der Waals surface area contributed by atoms with Gasteiger partial charge < -0.3 is 9.64 Å². The maximum Gasteiger partial charge on any atom is 0.246 e. The molecule has 2 aromatic carbocycles. The minimum absolute atomic E-state index is 0.0181. The van der Waals surface area contributed by atoms with Gasteiger partial charge in [0.15, 0.2) is 6.23 Å². The Bertz CT molecular complexity index is 932. The number of carbonyl (C=O) groups is 1. The van der Waals surface area contributed by atoms with E-state index in [0.29, 0.717) is 22.9 Å². The Balaban J connectivity index is 2.17. The number of sulfonamides is 1. The highest BCUT2D eigenvalue weighted by Crippen LogP contribution is 2.37.